The quantitative estimate of drug-likeness (QED) is 0.801. The van der Waals surface area contributed by atoms with Crippen molar-refractivity contribution in [2.24, 2.45) is 0 Å². The molecule has 2 saturated heterocycles. The Morgan fingerprint density at radius 2 is 1.61 bits per heavy atom. The molecule has 5 heteroatoms. The van der Waals surface area contributed by atoms with E-state index in [1.807, 2.05) is 0 Å². The van der Waals surface area contributed by atoms with Gasteiger partial charge in [0.1, 0.15) is 5.69 Å². The maximum absolute atomic E-state index is 4.45. The smallest absolute Gasteiger partial charge is 0.113 e. The maximum atomic E-state index is 4.45. The molecule has 3 fully saturated rings. The van der Waals surface area contributed by atoms with Gasteiger partial charge in [0.05, 0.1) is 12.2 Å². The predicted octanol–water partition coefficient (Wildman–Crippen LogP) is 4.12. The van der Waals surface area contributed by atoms with Crippen molar-refractivity contribution in [3.63, 3.8) is 0 Å². The first-order valence-electron chi connectivity index (χ1n) is 11.3. The van der Waals surface area contributed by atoms with E-state index in [2.05, 4.69) is 55.3 Å². The molecule has 3 aliphatic rings. The molecule has 150 valence electrons. The van der Waals surface area contributed by atoms with Gasteiger partial charge in [-0.25, -0.2) is 4.68 Å². The summed E-state index contributed by atoms with van der Waals surface area (Å²) in [6, 6.07) is 10.3. The van der Waals surface area contributed by atoms with E-state index < -0.39 is 0 Å². The summed E-state index contributed by atoms with van der Waals surface area (Å²) >= 11 is 0. The van der Waals surface area contributed by atoms with E-state index in [0.717, 1.165) is 18.3 Å². The Kier molecular flexibility index (Phi) is 5.45. The van der Waals surface area contributed by atoms with Gasteiger partial charge < -0.3 is 0 Å². The average molecular weight is 380 g/mol. The SMILES string of the molecule is c1cc(-c2cn(C3CCCCC3)nn2)ccc1CN1CCN2CCCCC2C1. The molecule has 1 atom stereocenters. The molecule has 2 aliphatic heterocycles. The molecule has 3 heterocycles. The lowest BCUT2D eigenvalue weighted by Gasteiger charge is -2.44. The van der Waals surface area contributed by atoms with Gasteiger partial charge in [-0.1, -0.05) is 55.2 Å². The zero-order valence-corrected chi connectivity index (χ0v) is 17.0. The molecule has 1 aromatic carbocycles. The van der Waals surface area contributed by atoms with Crippen LogP contribution < -0.4 is 0 Å². The number of hydrogen-bond donors (Lipinski definition) is 0. The van der Waals surface area contributed by atoms with E-state index in [1.165, 1.54) is 88.7 Å². The van der Waals surface area contributed by atoms with Crippen molar-refractivity contribution < 1.29 is 0 Å². The molecule has 1 unspecified atom stereocenters. The van der Waals surface area contributed by atoms with E-state index in [9.17, 15) is 0 Å². The van der Waals surface area contributed by atoms with Crippen molar-refractivity contribution in [3.05, 3.63) is 36.0 Å². The van der Waals surface area contributed by atoms with Gasteiger partial charge in [-0.05, 0) is 37.8 Å². The van der Waals surface area contributed by atoms with Gasteiger partial charge in [0.25, 0.3) is 0 Å². The highest BCUT2D eigenvalue weighted by atomic mass is 15.4. The highest BCUT2D eigenvalue weighted by molar-refractivity contribution is 5.58. The lowest BCUT2D eigenvalue weighted by Crippen LogP contribution is -2.54. The Morgan fingerprint density at radius 1 is 0.821 bits per heavy atom. The molecule has 0 N–H and O–H groups in total. The Balaban J connectivity index is 1.21. The van der Waals surface area contributed by atoms with Crippen LogP contribution in [0, 0.1) is 0 Å². The van der Waals surface area contributed by atoms with Gasteiger partial charge in [0.2, 0.25) is 0 Å². The number of benzene rings is 1. The highest BCUT2D eigenvalue weighted by Gasteiger charge is 2.28. The molecule has 1 aromatic heterocycles. The summed E-state index contributed by atoms with van der Waals surface area (Å²) in [7, 11) is 0. The number of piperazine rings is 1. The van der Waals surface area contributed by atoms with E-state index in [-0.39, 0.29) is 0 Å². The minimum Gasteiger partial charge on any atom is -0.298 e. The number of rotatable bonds is 4. The first-order chi connectivity index (χ1) is 13.8. The number of fused-ring (bicyclic) bond motifs is 1. The standard InChI is InChI=1S/C23H33N5/c1-2-6-21(7-3-1)28-18-23(24-25-28)20-11-9-19(10-12-20)16-26-14-15-27-13-5-4-8-22(27)17-26/h9-12,18,21-22H,1-8,13-17H2. The van der Waals surface area contributed by atoms with Crippen LogP contribution in [-0.2, 0) is 6.54 Å². The summed E-state index contributed by atoms with van der Waals surface area (Å²) in [5.41, 5.74) is 3.60. The van der Waals surface area contributed by atoms with Crippen LogP contribution in [0.2, 0.25) is 0 Å². The van der Waals surface area contributed by atoms with Gasteiger partial charge in [0, 0.05) is 37.8 Å². The van der Waals surface area contributed by atoms with Crippen molar-refractivity contribution in [1.82, 2.24) is 24.8 Å². The molecule has 28 heavy (non-hydrogen) atoms. The summed E-state index contributed by atoms with van der Waals surface area (Å²) < 4.78 is 2.10. The van der Waals surface area contributed by atoms with Gasteiger partial charge in [-0.2, -0.15) is 0 Å². The lowest BCUT2D eigenvalue weighted by atomic mass is 9.96. The molecule has 0 bridgehead atoms. The fourth-order valence-electron chi connectivity index (χ4n) is 5.34. The van der Waals surface area contributed by atoms with Gasteiger partial charge in [-0.3, -0.25) is 9.80 Å². The van der Waals surface area contributed by atoms with Gasteiger partial charge >= 0.3 is 0 Å². The fraction of sp³-hybridized carbons (Fsp3) is 0.652. The highest BCUT2D eigenvalue weighted by Crippen LogP contribution is 2.29. The monoisotopic (exact) mass is 379 g/mol. The first kappa shape index (κ1) is 18.3. The molecule has 0 amide bonds. The summed E-state index contributed by atoms with van der Waals surface area (Å²) in [4.78, 5) is 5.35. The van der Waals surface area contributed by atoms with Crippen molar-refractivity contribution in [2.45, 2.75) is 70.0 Å². The second-order valence-corrected chi connectivity index (χ2v) is 8.99. The third-order valence-corrected chi connectivity index (χ3v) is 7.04. The van der Waals surface area contributed by atoms with Crippen LogP contribution in [-0.4, -0.2) is 57.0 Å². The van der Waals surface area contributed by atoms with Crippen LogP contribution in [0.25, 0.3) is 11.3 Å². The largest absolute Gasteiger partial charge is 0.298 e. The van der Waals surface area contributed by atoms with E-state index in [4.69, 9.17) is 0 Å². The minimum atomic E-state index is 0.549. The topological polar surface area (TPSA) is 37.2 Å². The second-order valence-electron chi connectivity index (χ2n) is 8.99. The maximum Gasteiger partial charge on any atom is 0.113 e. The predicted molar refractivity (Wildman–Crippen MR) is 112 cm³/mol. The van der Waals surface area contributed by atoms with Crippen molar-refractivity contribution in [2.75, 3.05) is 26.2 Å². The second kappa shape index (κ2) is 8.34. The van der Waals surface area contributed by atoms with Crippen molar-refractivity contribution in [3.8, 4) is 11.3 Å². The number of nitrogens with zero attached hydrogens (tertiary/aromatic N) is 5. The Hall–Kier alpha value is -1.72. The summed E-state index contributed by atoms with van der Waals surface area (Å²) in [5, 5.41) is 8.87. The molecular formula is C23H33N5. The van der Waals surface area contributed by atoms with Gasteiger partial charge in [-0.15, -0.1) is 5.10 Å². The molecular weight excluding hydrogens is 346 g/mol. The van der Waals surface area contributed by atoms with Gasteiger partial charge in [0.15, 0.2) is 0 Å². The zero-order chi connectivity index (χ0) is 18.8. The molecule has 0 spiro atoms. The van der Waals surface area contributed by atoms with Crippen molar-refractivity contribution >= 4 is 0 Å². The van der Waals surface area contributed by atoms with Crippen LogP contribution >= 0.6 is 0 Å². The molecule has 5 nitrogen and oxygen atoms in total. The fourth-order valence-corrected chi connectivity index (χ4v) is 5.34. The number of piperidine rings is 1. The first-order valence-corrected chi connectivity index (χ1v) is 11.3. The molecule has 1 aliphatic carbocycles. The van der Waals surface area contributed by atoms with E-state index >= 15 is 0 Å². The van der Waals surface area contributed by atoms with E-state index in [1.54, 1.807) is 0 Å². The Labute approximate surface area is 168 Å². The van der Waals surface area contributed by atoms with Crippen LogP contribution in [0.5, 0.6) is 0 Å². The normalized spacial score (nSPS) is 24.9. The average Bonchev–Trinajstić information content (AvgIpc) is 3.25. The molecule has 2 aromatic rings. The van der Waals surface area contributed by atoms with Crippen LogP contribution in [0.1, 0.15) is 63.0 Å². The Morgan fingerprint density at radius 3 is 2.46 bits per heavy atom. The third-order valence-electron chi connectivity index (χ3n) is 7.04. The molecule has 5 rings (SSSR count). The van der Waals surface area contributed by atoms with Crippen LogP contribution in [0.4, 0.5) is 0 Å². The lowest BCUT2D eigenvalue weighted by molar-refractivity contribution is 0.0457. The minimum absolute atomic E-state index is 0.549. The van der Waals surface area contributed by atoms with Crippen LogP contribution in [0.3, 0.4) is 0 Å². The molecule has 0 radical (unpaired) electrons. The van der Waals surface area contributed by atoms with Crippen molar-refractivity contribution in [1.29, 1.82) is 0 Å². The molecule has 1 saturated carbocycles. The van der Waals surface area contributed by atoms with E-state index in [0.29, 0.717) is 6.04 Å². The number of hydrogen-bond acceptors (Lipinski definition) is 4. The Bertz CT molecular complexity index is 762. The number of aromatic nitrogens is 3. The summed E-state index contributed by atoms with van der Waals surface area (Å²) in [6.07, 6.45) is 12.8. The summed E-state index contributed by atoms with van der Waals surface area (Å²) in [5.74, 6) is 0. The third kappa shape index (κ3) is 4.01. The summed E-state index contributed by atoms with van der Waals surface area (Å²) in [6.45, 7) is 6.06. The van der Waals surface area contributed by atoms with Crippen LogP contribution in [0.15, 0.2) is 30.5 Å². The zero-order valence-electron chi connectivity index (χ0n) is 17.0.